The average molecular weight is 481 g/mol. The van der Waals surface area contributed by atoms with Gasteiger partial charge in [0.1, 0.15) is 0 Å². The number of amides is 1. The summed E-state index contributed by atoms with van der Waals surface area (Å²) in [7, 11) is 0. The molecule has 0 unspecified atom stereocenters. The van der Waals surface area contributed by atoms with Crippen molar-refractivity contribution in [3.05, 3.63) is 58.0 Å². The maximum Gasteiger partial charge on any atom is 0.252 e. The third-order valence-electron chi connectivity index (χ3n) is 7.12. The zero-order valence-electron chi connectivity index (χ0n) is 21.1. The van der Waals surface area contributed by atoms with Crippen LogP contribution >= 0.6 is 0 Å². The number of hydrogen-bond donors (Lipinski definition) is 1. The number of unbranched alkanes of at least 4 members (excludes halogenated alkanes) is 2. The van der Waals surface area contributed by atoms with E-state index in [-0.39, 0.29) is 11.5 Å². The summed E-state index contributed by atoms with van der Waals surface area (Å²) in [5.41, 5.74) is 2.10. The summed E-state index contributed by atoms with van der Waals surface area (Å²) < 4.78 is 0. The van der Waals surface area contributed by atoms with Crippen molar-refractivity contribution in [1.82, 2.24) is 24.7 Å². The van der Waals surface area contributed by atoms with E-state index < -0.39 is 0 Å². The first-order chi connectivity index (χ1) is 17.1. The minimum absolute atomic E-state index is 0.107. The van der Waals surface area contributed by atoms with Crippen molar-refractivity contribution >= 4 is 11.9 Å². The van der Waals surface area contributed by atoms with Crippen molar-refractivity contribution in [3.8, 4) is 0 Å². The summed E-state index contributed by atoms with van der Waals surface area (Å²) in [4.78, 5) is 41.4. The Hall–Kier alpha value is -2.71. The number of benzene rings is 1. The van der Waals surface area contributed by atoms with E-state index in [1.165, 1.54) is 5.56 Å². The summed E-state index contributed by atoms with van der Waals surface area (Å²) in [6.45, 7) is 10.7. The SMILES string of the molecule is CCCCCC(=O)N1CCN(c2nc(CN3CCN(CCc4ccccc4)CC3)cc(=O)[nH]2)CC1. The van der Waals surface area contributed by atoms with Crippen molar-refractivity contribution in [2.45, 2.75) is 45.6 Å². The van der Waals surface area contributed by atoms with Crippen LogP contribution in [0.1, 0.15) is 43.9 Å². The molecular weight excluding hydrogens is 440 g/mol. The van der Waals surface area contributed by atoms with E-state index in [1.807, 2.05) is 4.90 Å². The van der Waals surface area contributed by atoms with Gasteiger partial charge in [0.2, 0.25) is 11.9 Å². The van der Waals surface area contributed by atoms with Crippen molar-refractivity contribution in [2.24, 2.45) is 0 Å². The molecule has 1 aromatic carbocycles. The predicted octanol–water partition coefficient (Wildman–Crippen LogP) is 2.36. The Morgan fingerprint density at radius 1 is 0.943 bits per heavy atom. The number of aromatic nitrogens is 2. The molecule has 0 aliphatic carbocycles. The highest BCUT2D eigenvalue weighted by Crippen LogP contribution is 2.14. The van der Waals surface area contributed by atoms with Gasteiger partial charge in [0.05, 0.1) is 5.69 Å². The van der Waals surface area contributed by atoms with Gasteiger partial charge in [-0.25, -0.2) is 4.98 Å². The lowest BCUT2D eigenvalue weighted by atomic mass is 10.1. The Labute approximate surface area is 208 Å². The van der Waals surface area contributed by atoms with Crippen LogP contribution in [0.25, 0.3) is 0 Å². The zero-order valence-corrected chi connectivity index (χ0v) is 21.1. The molecule has 35 heavy (non-hydrogen) atoms. The molecule has 1 amide bonds. The van der Waals surface area contributed by atoms with Crippen LogP contribution in [-0.4, -0.2) is 89.5 Å². The molecule has 2 fully saturated rings. The number of nitrogens with zero attached hydrogens (tertiary/aromatic N) is 5. The summed E-state index contributed by atoms with van der Waals surface area (Å²) in [6.07, 6.45) is 4.91. The molecule has 2 saturated heterocycles. The minimum Gasteiger partial charge on any atom is -0.339 e. The van der Waals surface area contributed by atoms with Crippen molar-refractivity contribution in [3.63, 3.8) is 0 Å². The molecule has 8 nitrogen and oxygen atoms in total. The van der Waals surface area contributed by atoms with E-state index in [0.29, 0.717) is 45.1 Å². The van der Waals surface area contributed by atoms with Crippen molar-refractivity contribution in [2.75, 3.05) is 63.8 Å². The number of nitrogens with one attached hydrogen (secondary N) is 1. The highest BCUT2D eigenvalue weighted by Gasteiger charge is 2.23. The van der Waals surface area contributed by atoms with Crippen LogP contribution in [-0.2, 0) is 17.8 Å². The standard InChI is InChI=1S/C27H40N6O2/c1-2-3-5-10-26(35)32-17-19-33(20-18-32)27-28-24(21-25(34)29-27)22-31-15-13-30(14-16-31)12-11-23-8-6-4-7-9-23/h4,6-9,21H,2-3,5,10-20,22H2,1H3,(H,28,29,34). The largest absolute Gasteiger partial charge is 0.339 e. The van der Waals surface area contributed by atoms with Crippen LogP contribution < -0.4 is 10.5 Å². The van der Waals surface area contributed by atoms with Gasteiger partial charge in [0.25, 0.3) is 5.56 Å². The Morgan fingerprint density at radius 3 is 2.37 bits per heavy atom. The summed E-state index contributed by atoms with van der Waals surface area (Å²) >= 11 is 0. The number of aromatic amines is 1. The Bertz CT molecular complexity index is 979. The molecule has 2 aromatic rings. The van der Waals surface area contributed by atoms with Crippen LogP contribution in [0.4, 0.5) is 5.95 Å². The average Bonchev–Trinajstić information content (AvgIpc) is 2.89. The first-order valence-corrected chi connectivity index (χ1v) is 13.2. The fourth-order valence-corrected chi connectivity index (χ4v) is 4.91. The highest BCUT2D eigenvalue weighted by atomic mass is 16.2. The molecule has 8 heteroatoms. The van der Waals surface area contributed by atoms with Gasteiger partial charge in [-0.05, 0) is 18.4 Å². The van der Waals surface area contributed by atoms with Gasteiger partial charge in [0, 0.05) is 77.9 Å². The molecule has 0 saturated carbocycles. The third kappa shape index (κ3) is 7.64. The zero-order chi connectivity index (χ0) is 24.5. The minimum atomic E-state index is -0.107. The van der Waals surface area contributed by atoms with Crippen LogP contribution in [0, 0.1) is 0 Å². The fraction of sp³-hybridized carbons (Fsp3) is 0.593. The number of H-pyrrole nitrogens is 1. The number of rotatable bonds is 10. The van der Waals surface area contributed by atoms with Gasteiger partial charge in [-0.2, -0.15) is 0 Å². The van der Waals surface area contributed by atoms with Crippen LogP contribution in [0.2, 0.25) is 0 Å². The number of anilines is 1. The van der Waals surface area contributed by atoms with Crippen molar-refractivity contribution in [1.29, 1.82) is 0 Å². The molecule has 0 spiro atoms. The Morgan fingerprint density at radius 2 is 1.66 bits per heavy atom. The quantitative estimate of drug-likeness (QED) is 0.526. The predicted molar refractivity (Wildman–Crippen MR) is 140 cm³/mol. The molecular formula is C27H40N6O2. The van der Waals surface area contributed by atoms with E-state index in [0.717, 1.165) is 64.1 Å². The maximum atomic E-state index is 12.4. The first kappa shape index (κ1) is 25.4. The fourth-order valence-electron chi connectivity index (χ4n) is 4.91. The number of carbonyl (C=O) groups is 1. The molecule has 2 aliphatic heterocycles. The number of hydrogen-bond acceptors (Lipinski definition) is 6. The molecule has 0 radical (unpaired) electrons. The van der Waals surface area contributed by atoms with Gasteiger partial charge in [-0.3, -0.25) is 19.5 Å². The Balaban J connectivity index is 1.24. The molecule has 2 aliphatic rings. The first-order valence-electron chi connectivity index (χ1n) is 13.2. The van der Waals surface area contributed by atoms with Gasteiger partial charge < -0.3 is 14.7 Å². The van der Waals surface area contributed by atoms with E-state index in [9.17, 15) is 9.59 Å². The van der Waals surface area contributed by atoms with Crippen molar-refractivity contribution < 1.29 is 4.79 Å². The summed E-state index contributed by atoms with van der Waals surface area (Å²) in [6, 6.07) is 12.3. The smallest absolute Gasteiger partial charge is 0.252 e. The maximum absolute atomic E-state index is 12.4. The normalized spacial score (nSPS) is 17.6. The second-order valence-electron chi connectivity index (χ2n) is 9.74. The topological polar surface area (TPSA) is 75.8 Å². The lowest BCUT2D eigenvalue weighted by Gasteiger charge is -2.36. The number of carbonyl (C=O) groups excluding carboxylic acids is 1. The molecule has 3 heterocycles. The van der Waals surface area contributed by atoms with Gasteiger partial charge in [0.15, 0.2) is 0 Å². The summed E-state index contributed by atoms with van der Waals surface area (Å²) in [5.74, 6) is 0.878. The lowest BCUT2D eigenvalue weighted by Crippen LogP contribution is -2.49. The second kappa shape index (κ2) is 12.8. The van der Waals surface area contributed by atoms with Crippen LogP contribution in [0.3, 0.4) is 0 Å². The third-order valence-corrected chi connectivity index (χ3v) is 7.12. The van der Waals surface area contributed by atoms with Gasteiger partial charge in [-0.1, -0.05) is 50.1 Å². The molecule has 4 rings (SSSR count). The van der Waals surface area contributed by atoms with Crippen LogP contribution in [0.15, 0.2) is 41.2 Å². The lowest BCUT2D eigenvalue weighted by molar-refractivity contribution is -0.131. The van der Waals surface area contributed by atoms with E-state index in [4.69, 9.17) is 4.98 Å². The molecule has 1 N–H and O–H groups in total. The van der Waals surface area contributed by atoms with Crippen LogP contribution in [0.5, 0.6) is 0 Å². The molecule has 0 atom stereocenters. The second-order valence-corrected chi connectivity index (χ2v) is 9.74. The van der Waals surface area contributed by atoms with E-state index in [1.54, 1.807) is 6.07 Å². The van der Waals surface area contributed by atoms with Gasteiger partial charge in [-0.15, -0.1) is 0 Å². The number of piperazine rings is 2. The Kier molecular flexibility index (Phi) is 9.31. The molecule has 0 bridgehead atoms. The highest BCUT2D eigenvalue weighted by molar-refractivity contribution is 5.76. The van der Waals surface area contributed by atoms with E-state index in [2.05, 4.69) is 56.9 Å². The monoisotopic (exact) mass is 480 g/mol. The molecule has 1 aromatic heterocycles. The summed E-state index contributed by atoms with van der Waals surface area (Å²) in [5, 5.41) is 0. The van der Waals surface area contributed by atoms with Gasteiger partial charge >= 0.3 is 0 Å². The molecule has 190 valence electrons. The van der Waals surface area contributed by atoms with E-state index >= 15 is 0 Å².